The molecule has 0 radical (unpaired) electrons. The molecule has 19 heavy (non-hydrogen) atoms. The van der Waals surface area contributed by atoms with Gasteiger partial charge in [0.25, 0.3) is 0 Å². The van der Waals surface area contributed by atoms with Crippen molar-refractivity contribution in [2.45, 2.75) is 50.5 Å². The average molecular weight is 281 g/mol. The van der Waals surface area contributed by atoms with Crippen LogP contribution in [0.5, 0.6) is 0 Å². The number of carbonyl (C=O) groups is 1. The van der Waals surface area contributed by atoms with E-state index >= 15 is 0 Å². The highest BCUT2D eigenvalue weighted by Gasteiger charge is 2.51. The van der Waals surface area contributed by atoms with Crippen LogP contribution in [0.3, 0.4) is 0 Å². The normalized spacial score (nSPS) is 39.1. The highest BCUT2D eigenvalue weighted by atomic mass is 32.1. The second-order valence-corrected chi connectivity index (χ2v) is 7.32. The summed E-state index contributed by atoms with van der Waals surface area (Å²) in [7, 11) is 0. The minimum Gasteiger partial charge on any atom is -0.393 e. The molecule has 2 amide bonds. The second kappa shape index (κ2) is 4.93. The summed E-state index contributed by atoms with van der Waals surface area (Å²) >= 11 is 4.81. The standard InChI is InChI=1S/C14H23N3OS/c15-12(19)1-2-16-13(18)17-14-6-9-3-10(7-14)5-11(4-9)8-14/h9-11H,1-8H2,(H2,15,19)(H2,16,17,18). The zero-order valence-corrected chi connectivity index (χ0v) is 12.1. The van der Waals surface area contributed by atoms with Gasteiger partial charge < -0.3 is 16.4 Å². The molecule has 0 aromatic rings. The second-order valence-electron chi connectivity index (χ2n) is 6.80. The average Bonchev–Trinajstić information content (AvgIpc) is 2.25. The lowest BCUT2D eigenvalue weighted by atomic mass is 9.53. The molecule has 0 aromatic carbocycles. The Balaban J connectivity index is 1.54. The molecular formula is C14H23N3OS. The molecule has 4 saturated carbocycles. The summed E-state index contributed by atoms with van der Waals surface area (Å²) in [5, 5.41) is 6.14. The van der Waals surface area contributed by atoms with Crippen LogP contribution in [0.15, 0.2) is 0 Å². The van der Waals surface area contributed by atoms with Gasteiger partial charge in [-0.2, -0.15) is 0 Å². The van der Waals surface area contributed by atoms with E-state index < -0.39 is 0 Å². The SMILES string of the molecule is NC(=S)CCNC(=O)NC12CC3CC(CC(C3)C1)C2. The highest BCUT2D eigenvalue weighted by Crippen LogP contribution is 2.55. The van der Waals surface area contributed by atoms with Crippen molar-refractivity contribution < 1.29 is 4.79 Å². The zero-order chi connectivity index (χ0) is 13.5. The summed E-state index contributed by atoms with van der Waals surface area (Å²) in [6.45, 7) is 0.535. The van der Waals surface area contributed by atoms with Crippen LogP contribution < -0.4 is 16.4 Å². The number of thiocarbonyl (C=S) groups is 1. The molecule has 4 aliphatic carbocycles. The molecule has 106 valence electrons. The number of carbonyl (C=O) groups excluding carboxylic acids is 1. The lowest BCUT2D eigenvalue weighted by molar-refractivity contribution is -0.0135. The third-order valence-electron chi connectivity index (χ3n) is 5.07. The van der Waals surface area contributed by atoms with Crippen molar-refractivity contribution >= 4 is 23.2 Å². The van der Waals surface area contributed by atoms with E-state index in [-0.39, 0.29) is 11.6 Å². The summed E-state index contributed by atoms with van der Waals surface area (Å²) in [4.78, 5) is 12.5. The predicted octanol–water partition coefficient (Wildman–Crippen LogP) is 1.93. The summed E-state index contributed by atoms with van der Waals surface area (Å²) in [5.41, 5.74) is 5.51. The Morgan fingerprint density at radius 1 is 1.16 bits per heavy atom. The fourth-order valence-corrected chi connectivity index (χ4v) is 4.95. The van der Waals surface area contributed by atoms with Crippen molar-refractivity contribution in [1.82, 2.24) is 10.6 Å². The fourth-order valence-electron chi connectivity index (χ4n) is 4.85. The maximum absolute atomic E-state index is 12.0. The molecule has 4 fully saturated rings. The zero-order valence-electron chi connectivity index (χ0n) is 11.3. The molecular weight excluding hydrogens is 258 g/mol. The maximum atomic E-state index is 12.0. The van der Waals surface area contributed by atoms with Gasteiger partial charge in [0.05, 0.1) is 4.99 Å². The summed E-state index contributed by atoms with van der Waals surface area (Å²) in [6.07, 6.45) is 8.30. The van der Waals surface area contributed by atoms with E-state index in [1.54, 1.807) is 0 Å². The van der Waals surface area contributed by atoms with Gasteiger partial charge in [-0.25, -0.2) is 4.79 Å². The molecule has 0 aromatic heterocycles. The first-order valence-electron chi connectivity index (χ1n) is 7.39. The summed E-state index contributed by atoms with van der Waals surface area (Å²) < 4.78 is 0. The van der Waals surface area contributed by atoms with Crippen molar-refractivity contribution in [2.75, 3.05) is 6.54 Å². The van der Waals surface area contributed by atoms with Crippen molar-refractivity contribution in [3.63, 3.8) is 0 Å². The molecule has 4 rings (SSSR count). The number of urea groups is 1. The largest absolute Gasteiger partial charge is 0.393 e. The van der Waals surface area contributed by atoms with E-state index in [0.717, 1.165) is 17.8 Å². The first-order chi connectivity index (χ1) is 9.05. The van der Waals surface area contributed by atoms with Crippen LogP contribution in [0.25, 0.3) is 0 Å². The summed E-state index contributed by atoms with van der Waals surface area (Å²) in [5.74, 6) is 2.55. The van der Waals surface area contributed by atoms with Gasteiger partial charge >= 0.3 is 6.03 Å². The Bertz CT molecular complexity index is 361. The topological polar surface area (TPSA) is 67.1 Å². The molecule has 0 unspecified atom stereocenters. The lowest BCUT2D eigenvalue weighted by Gasteiger charge is -2.56. The lowest BCUT2D eigenvalue weighted by Crippen LogP contribution is -2.61. The van der Waals surface area contributed by atoms with Crippen molar-refractivity contribution in [3.05, 3.63) is 0 Å². The van der Waals surface area contributed by atoms with Crippen LogP contribution in [0, 0.1) is 17.8 Å². The number of hydrogen-bond acceptors (Lipinski definition) is 2. The maximum Gasteiger partial charge on any atom is 0.315 e. The Morgan fingerprint density at radius 2 is 1.68 bits per heavy atom. The van der Waals surface area contributed by atoms with E-state index in [9.17, 15) is 4.79 Å². The number of rotatable bonds is 4. The number of hydrogen-bond donors (Lipinski definition) is 3. The highest BCUT2D eigenvalue weighted by molar-refractivity contribution is 7.80. The van der Waals surface area contributed by atoms with Gasteiger partial charge in [-0.1, -0.05) is 12.2 Å². The van der Waals surface area contributed by atoms with Crippen molar-refractivity contribution in [3.8, 4) is 0 Å². The Morgan fingerprint density at radius 3 is 2.16 bits per heavy atom. The molecule has 0 heterocycles. The minimum atomic E-state index is -0.0433. The van der Waals surface area contributed by atoms with E-state index in [2.05, 4.69) is 10.6 Å². The first-order valence-corrected chi connectivity index (χ1v) is 7.80. The fraction of sp³-hybridized carbons (Fsp3) is 0.857. The molecule has 4 nitrogen and oxygen atoms in total. The molecule has 4 aliphatic rings. The third kappa shape index (κ3) is 2.86. The molecule has 0 atom stereocenters. The third-order valence-corrected chi connectivity index (χ3v) is 5.28. The van der Waals surface area contributed by atoms with Crippen LogP contribution in [-0.4, -0.2) is 23.1 Å². The number of amides is 2. The van der Waals surface area contributed by atoms with Crippen LogP contribution >= 0.6 is 12.2 Å². The molecule has 0 saturated heterocycles. The van der Waals surface area contributed by atoms with Crippen LogP contribution in [0.1, 0.15) is 44.9 Å². The van der Waals surface area contributed by atoms with Gasteiger partial charge in [-0.05, 0) is 56.3 Å². The van der Waals surface area contributed by atoms with E-state index in [4.69, 9.17) is 18.0 Å². The summed E-state index contributed by atoms with van der Waals surface area (Å²) in [6, 6.07) is -0.0433. The van der Waals surface area contributed by atoms with Gasteiger partial charge in [0.15, 0.2) is 0 Å². The molecule has 0 spiro atoms. The molecule has 5 heteroatoms. The van der Waals surface area contributed by atoms with Gasteiger partial charge in [-0.15, -0.1) is 0 Å². The van der Waals surface area contributed by atoms with Crippen molar-refractivity contribution in [2.24, 2.45) is 23.5 Å². The van der Waals surface area contributed by atoms with E-state index in [0.29, 0.717) is 18.0 Å². The van der Waals surface area contributed by atoms with Gasteiger partial charge in [0.1, 0.15) is 0 Å². The molecule has 4 bridgehead atoms. The van der Waals surface area contributed by atoms with E-state index in [1.165, 1.54) is 38.5 Å². The van der Waals surface area contributed by atoms with E-state index in [1.807, 2.05) is 0 Å². The Kier molecular flexibility index (Phi) is 3.41. The van der Waals surface area contributed by atoms with Crippen LogP contribution in [-0.2, 0) is 0 Å². The minimum absolute atomic E-state index is 0.0433. The van der Waals surface area contributed by atoms with Gasteiger partial charge in [0, 0.05) is 18.5 Å². The Hall–Kier alpha value is -0.840. The Labute approximate surface area is 119 Å². The van der Waals surface area contributed by atoms with Crippen LogP contribution in [0.2, 0.25) is 0 Å². The van der Waals surface area contributed by atoms with Crippen molar-refractivity contribution in [1.29, 1.82) is 0 Å². The molecule has 0 aliphatic heterocycles. The number of nitrogens with one attached hydrogen (secondary N) is 2. The predicted molar refractivity (Wildman–Crippen MR) is 78.8 cm³/mol. The van der Waals surface area contributed by atoms with Gasteiger partial charge in [-0.3, -0.25) is 0 Å². The number of nitrogens with two attached hydrogens (primary N) is 1. The quantitative estimate of drug-likeness (QED) is 0.690. The molecule has 4 N–H and O–H groups in total. The smallest absolute Gasteiger partial charge is 0.315 e. The monoisotopic (exact) mass is 281 g/mol. The van der Waals surface area contributed by atoms with Gasteiger partial charge in [0.2, 0.25) is 0 Å². The van der Waals surface area contributed by atoms with Crippen LogP contribution in [0.4, 0.5) is 4.79 Å². The first kappa shape index (κ1) is 13.2.